The lowest BCUT2D eigenvalue weighted by Crippen LogP contribution is -2.54. The van der Waals surface area contributed by atoms with Gasteiger partial charge >= 0.3 is 0 Å². The largest absolute Gasteiger partial charge is 0.327 e. The molecule has 1 aromatic rings. The lowest BCUT2D eigenvalue weighted by Gasteiger charge is -2.41. The third-order valence-electron chi connectivity index (χ3n) is 6.54. The average molecular weight is 489 g/mol. The highest BCUT2D eigenvalue weighted by Crippen LogP contribution is 2.38. The second kappa shape index (κ2) is 11.2. The first-order chi connectivity index (χ1) is 14.5. The number of benzene rings is 1. The van der Waals surface area contributed by atoms with Gasteiger partial charge in [0.1, 0.15) is 12.0 Å². The summed E-state index contributed by atoms with van der Waals surface area (Å²) >= 11 is 7.89. The maximum Gasteiger partial charge on any atom is 0.225 e. The minimum Gasteiger partial charge on any atom is -0.327 e. The van der Waals surface area contributed by atoms with Gasteiger partial charge in [0.05, 0.1) is 11.7 Å². The predicted molar refractivity (Wildman–Crippen MR) is 131 cm³/mol. The van der Waals surface area contributed by atoms with Crippen molar-refractivity contribution in [1.29, 1.82) is 0 Å². The number of aliphatic imine (C=N–C) groups is 1. The molecule has 0 aromatic heterocycles. The monoisotopic (exact) mass is 487 g/mol. The second-order valence-corrected chi connectivity index (χ2v) is 10.1. The van der Waals surface area contributed by atoms with Crippen LogP contribution in [0.1, 0.15) is 71.1 Å². The Morgan fingerprint density at radius 1 is 1.13 bits per heavy atom. The van der Waals surface area contributed by atoms with Crippen LogP contribution in [0, 0.1) is 5.82 Å². The van der Waals surface area contributed by atoms with Gasteiger partial charge in [0, 0.05) is 23.7 Å². The van der Waals surface area contributed by atoms with Crippen molar-refractivity contribution in [2.45, 2.75) is 89.4 Å². The van der Waals surface area contributed by atoms with Crippen LogP contribution in [-0.2, 0) is 4.79 Å². The molecule has 2 saturated carbocycles. The highest BCUT2D eigenvalue weighted by atomic mass is 35.5. The van der Waals surface area contributed by atoms with Crippen molar-refractivity contribution in [3.05, 3.63) is 29.0 Å². The average Bonchev–Trinajstić information content (AvgIpc) is 3.15. The molecule has 4 nitrogen and oxygen atoms in total. The third kappa shape index (κ3) is 5.69. The number of anilines is 1. The van der Waals surface area contributed by atoms with E-state index in [-0.39, 0.29) is 30.2 Å². The topological polar surface area (TPSA) is 35.9 Å². The smallest absolute Gasteiger partial charge is 0.225 e. The van der Waals surface area contributed by atoms with E-state index in [4.69, 9.17) is 16.6 Å². The van der Waals surface area contributed by atoms with Gasteiger partial charge in [-0.1, -0.05) is 61.9 Å². The standard InChI is InChI=1S/C23H31ClFN3OS.ClH/c1-16(29)27(21-14-17(24)12-13-20(21)25)22-15-30-23(26-18-8-4-2-5-9-18)28(22)19-10-6-3-7-11-19;/h12-14,18-19,22H,2-11,15H2,1H3;1H. The van der Waals surface area contributed by atoms with E-state index in [1.807, 2.05) is 0 Å². The van der Waals surface area contributed by atoms with Gasteiger partial charge in [-0.15, -0.1) is 12.4 Å². The molecule has 0 bridgehead atoms. The van der Waals surface area contributed by atoms with E-state index in [2.05, 4.69) is 4.90 Å². The fourth-order valence-corrected chi connectivity index (χ4v) is 6.49. The number of nitrogens with zero attached hydrogens (tertiary/aromatic N) is 3. The number of rotatable bonds is 4. The van der Waals surface area contributed by atoms with E-state index in [0.717, 1.165) is 30.9 Å². The predicted octanol–water partition coefficient (Wildman–Crippen LogP) is 6.65. The van der Waals surface area contributed by atoms with Crippen LogP contribution in [-0.4, -0.2) is 40.0 Å². The zero-order valence-corrected chi connectivity index (χ0v) is 20.5. The summed E-state index contributed by atoms with van der Waals surface area (Å²) in [6.45, 7) is 1.51. The molecule has 172 valence electrons. The van der Waals surface area contributed by atoms with Gasteiger partial charge in [-0.25, -0.2) is 4.39 Å². The quantitative estimate of drug-likeness (QED) is 0.476. The van der Waals surface area contributed by atoms with Crippen LogP contribution in [0.15, 0.2) is 23.2 Å². The molecule has 1 heterocycles. The first-order valence-corrected chi connectivity index (χ1v) is 12.6. The molecule has 0 N–H and O–H groups in total. The van der Waals surface area contributed by atoms with Crippen molar-refractivity contribution in [3.63, 3.8) is 0 Å². The Balaban J connectivity index is 0.00000272. The molecule has 1 aromatic carbocycles. The van der Waals surface area contributed by atoms with E-state index in [0.29, 0.717) is 22.9 Å². The van der Waals surface area contributed by atoms with Crippen LogP contribution in [0.4, 0.5) is 10.1 Å². The number of thioether (sulfide) groups is 1. The molecule has 8 heteroatoms. The summed E-state index contributed by atoms with van der Waals surface area (Å²) in [5.41, 5.74) is 0.264. The zero-order chi connectivity index (χ0) is 21.1. The molecule has 0 spiro atoms. The number of amidine groups is 1. The lowest BCUT2D eigenvalue weighted by molar-refractivity contribution is -0.117. The second-order valence-electron chi connectivity index (χ2n) is 8.68. The molecule has 3 aliphatic rings. The summed E-state index contributed by atoms with van der Waals surface area (Å²) in [4.78, 5) is 21.9. The van der Waals surface area contributed by atoms with E-state index >= 15 is 0 Å². The fourth-order valence-electron chi connectivity index (χ4n) is 5.07. The maximum absolute atomic E-state index is 14.8. The van der Waals surface area contributed by atoms with Crippen molar-refractivity contribution in [2.24, 2.45) is 4.99 Å². The van der Waals surface area contributed by atoms with E-state index in [9.17, 15) is 9.18 Å². The first kappa shape index (κ1) is 24.7. The molecule has 1 aliphatic heterocycles. The Kier molecular flexibility index (Phi) is 8.94. The number of hydrogen-bond donors (Lipinski definition) is 0. The molecular formula is C23H32Cl2FN3OS. The van der Waals surface area contributed by atoms with Gasteiger partial charge in [-0.2, -0.15) is 0 Å². The molecule has 1 amide bonds. The van der Waals surface area contributed by atoms with Crippen LogP contribution in [0.2, 0.25) is 5.02 Å². The maximum atomic E-state index is 14.8. The molecule has 1 saturated heterocycles. The Morgan fingerprint density at radius 2 is 1.77 bits per heavy atom. The van der Waals surface area contributed by atoms with Crippen LogP contribution >= 0.6 is 35.8 Å². The van der Waals surface area contributed by atoms with Crippen LogP contribution in [0.25, 0.3) is 0 Å². The molecule has 1 unspecified atom stereocenters. The summed E-state index contributed by atoms with van der Waals surface area (Å²) in [6.07, 6.45) is 11.7. The van der Waals surface area contributed by atoms with Crippen molar-refractivity contribution in [1.82, 2.24) is 4.90 Å². The number of hydrogen-bond acceptors (Lipinski definition) is 3. The fraction of sp³-hybridized carbons (Fsp3) is 0.652. The van der Waals surface area contributed by atoms with E-state index in [1.54, 1.807) is 22.7 Å². The molecule has 1 atom stereocenters. The van der Waals surface area contributed by atoms with Gasteiger partial charge in [0.15, 0.2) is 5.17 Å². The number of amides is 1. The van der Waals surface area contributed by atoms with Gasteiger partial charge in [0.25, 0.3) is 0 Å². The first-order valence-electron chi connectivity index (χ1n) is 11.3. The van der Waals surface area contributed by atoms with Crippen molar-refractivity contribution < 1.29 is 9.18 Å². The Labute approximate surface area is 200 Å². The van der Waals surface area contributed by atoms with E-state index in [1.165, 1.54) is 57.6 Å². The van der Waals surface area contributed by atoms with Crippen molar-refractivity contribution in [2.75, 3.05) is 10.7 Å². The van der Waals surface area contributed by atoms with Gasteiger partial charge in [0.2, 0.25) is 5.91 Å². The van der Waals surface area contributed by atoms with Gasteiger partial charge in [-0.3, -0.25) is 14.7 Å². The molecule has 0 radical (unpaired) electrons. The zero-order valence-electron chi connectivity index (χ0n) is 18.1. The van der Waals surface area contributed by atoms with Crippen LogP contribution < -0.4 is 4.90 Å². The summed E-state index contributed by atoms with van der Waals surface area (Å²) < 4.78 is 14.8. The van der Waals surface area contributed by atoms with Crippen molar-refractivity contribution >= 4 is 52.5 Å². The highest BCUT2D eigenvalue weighted by molar-refractivity contribution is 8.14. The molecular weight excluding hydrogens is 456 g/mol. The van der Waals surface area contributed by atoms with Crippen LogP contribution in [0.3, 0.4) is 0 Å². The van der Waals surface area contributed by atoms with Crippen LogP contribution in [0.5, 0.6) is 0 Å². The summed E-state index contributed by atoms with van der Waals surface area (Å²) in [6, 6.07) is 5.16. The molecule has 2 aliphatic carbocycles. The Morgan fingerprint density at radius 3 is 2.42 bits per heavy atom. The number of halogens is 3. The van der Waals surface area contributed by atoms with Gasteiger partial charge < -0.3 is 4.90 Å². The Hall–Kier alpha value is -0.980. The minimum atomic E-state index is -0.416. The Bertz CT molecular complexity index is 797. The van der Waals surface area contributed by atoms with E-state index < -0.39 is 5.82 Å². The summed E-state index contributed by atoms with van der Waals surface area (Å²) in [5.74, 6) is 0.121. The third-order valence-corrected chi connectivity index (χ3v) is 7.82. The normalized spacial score (nSPS) is 24.3. The molecule has 4 rings (SSSR count). The molecule has 31 heavy (non-hydrogen) atoms. The number of carbonyl (C=O) groups is 1. The summed E-state index contributed by atoms with van der Waals surface area (Å²) in [7, 11) is 0. The summed E-state index contributed by atoms with van der Waals surface area (Å²) in [5, 5.41) is 1.48. The molecule has 3 fully saturated rings. The van der Waals surface area contributed by atoms with Crippen molar-refractivity contribution in [3.8, 4) is 0 Å². The number of carbonyl (C=O) groups excluding carboxylic acids is 1. The lowest BCUT2D eigenvalue weighted by atomic mass is 9.94. The highest BCUT2D eigenvalue weighted by Gasteiger charge is 2.41. The SMILES string of the molecule is CC(=O)N(c1cc(Cl)ccc1F)C1CSC(=NC2CCCCC2)N1C1CCCCC1.Cl. The minimum absolute atomic E-state index is 0. The van der Waals surface area contributed by atoms with Gasteiger partial charge in [-0.05, 0) is 43.9 Å².